The molecule has 2 rings (SSSR count). The van der Waals surface area contributed by atoms with Gasteiger partial charge in [0.25, 0.3) is 0 Å². The lowest BCUT2D eigenvalue weighted by Gasteiger charge is -2.38. The first kappa shape index (κ1) is 12.1. The summed E-state index contributed by atoms with van der Waals surface area (Å²) in [5.41, 5.74) is 3.01. The number of rotatable bonds is 5. The smallest absolute Gasteiger partial charge is 0.145 e. The summed E-state index contributed by atoms with van der Waals surface area (Å²) in [6, 6.07) is 1.85. The van der Waals surface area contributed by atoms with Gasteiger partial charge < -0.3 is 10.7 Å². The topological polar surface area (TPSA) is 75.9 Å². The van der Waals surface area contributed by atoms with Crippen molar-refractivity contribution >= 4 is 11.6 Å². The van der Waals surface area contributed by atoms with Crippen molar-refractivity contribution in [2.24, 2.45) is 11.3 Å². The van der Waals surface area contributed by atoms with E-state index in [0.717, 1.165) is 24.6 Å². The number of aromatic nitrogens is 2. The lowest BCUT2D eigenvalue weighted by Crippen LogP contribution is -2.33. The quantitative estimate of drug-likeness (QED) is 0.537. The molecule has 1 aliphatic rings. The molecule has 5 heteroatoms. The summed E-state index contributed by atoms with van der Waals surface area (Å²) in [5, 5.41) is 3.39. The van der Waals surface area contributed by atoms with E-state index in [1.54, 1.807) is 0 Å². The molecule has 1 heterocycles. The zero-order chi connectivity index (χ0) is 12.3. The number of nitrogens with two attached hydrogens (primary N) is 1. The maximum Gasteiger partial charge on any atom is 0.145 e. The minimum absolute atomic E-state index is 0.438. The van der Waals surface area contributed by atoms with Crippen molar-refractivity contribution in [1.29, 1.82) is 0 Å². The second-order valence-electron chi connectivity index (χ2n) is 5.07. The van der Waals surface area contributed by atoms with Crippen LogP contribution in [0.5, 0.6) is 0 Å². The van der Waals surface area contributed by atoms with Crippen LogP contribution in [0.15, 0.2) is 6.07 Å². The van der Waals surface area contributed by atoms with Crippen LogP contribution in [0, 0.1) is 5.41 Å². The predicted molar refractivity (Wildman–Crippen MR) is 69.7 cm³/mol. The summed E-state index contributed by atoms with van der Waals surface area (Å²) in [6.07, 6.45) is 4.75. The minimum atomic E-state index is 0.438. The first-order valence-electron chi connectivity index (χ1n) is 6.24. The molecular formula is C12H21N5. The first-order valence-corrected chi connectivity index (χ1v) is 6.24. The molecule has 0 aliphatic heterocycles. The highest BCUT2D eigenvalue weighted by atomic mass is 15.3. The van der Waals surface area contributed by atoms with E-state index in [1.165, 1.54) is 19.3 Å². The lowest BCUT2D eigenvalue weighted by atomic mass is 9.70. The number of hydrogen-bond acceptors (Lipinski definition) is 5. The number of nitrogens with one attached hydrogen (secondary N) is 2. The molecule has 4 N–H and O–H groups in total. The molecule has 0 atom stereocenters. The zero-order valence-corrected chi connectivity index (χ0v) is 10.6. The van der Waals surface area contributed by atoms with Gasteiger partial charge in [-0.3, -0.25) is 0 Å². The van der Waals surface area contributed by atoms with Crippen LogP contribution in [0.1, 0.15) is 38.9 Å². The molecule has 0 aromatic carbocycles. The standard InChI is InChI=1S/C12H21N5/c1-3-9-15-10(7-11(16-9)17-13)14-8-12(2)5-4-6-12/h7H,3-6,8,13H2,1-2H3,(H2,14,15,16,17). The van der Waals surface area contributed by atoms with Crippen LogP contribution in [0.2, 0.25) is 0 Å². The van der Waals surface area contributed by atoms with Gasteiger partial charge in [0.1, 0.15) is 17.5 Å². The Labute approximate surface area is 102 Å². The summed E-state index contributed by atoms with van der Waals surface area (Å²) in [6.45, 7) is 5.32. The first-order chi connectivity index (χ1) is 8.15. The van der Waals surface area contributed by atoms with Gasteiger partial charge in [-0.15, -0.1) is 0 Å². The van der Waals surface area contributed by atoms with Gasteiger partial charge in [-0.1, -0.05) is 20.3 Å². The van der Waals surface area contributed by atoms with Gasteiger partial charge in [-0.2, -0.15) is 0 Å². The van der Waals surface area contributed by atoms with Crippen LogP contribution in [-0.4, -0.2) is 16.5 Å². The fourth-order valence-corrected chi connectivity index (χ4v) is 2.08. The average molecular weight is 235 g/mol. The highest BCUT2D eigenvalue weighted by Gasteiger charge is 2.31. The van der Waals surface area contributed by atoms with E-state index in [0.29, 0.717) is 11.2 Å². The normalized spacial score (nSPS) is 17.4. The lowest BCUT2D eigenvalue weighted by molar-refractivity contribution is 0.180. The Morgan fingerprint density at radius 1 is 1.35 bits per heavy atom. The third kappa shape index (κ3) is 2.85. The van der Waals surface area contributed by atoms with Gasteiger partial charge in [0.05, 0.1) is 0 Å². The summed E-state index contributed by atoms with van der Waals surface area (Å²) < 4.78 is 0. The fourth-order valence-electron chi connectivity index (χ4n) is 2.08. The molecule has 1 aromatic heterocycles. The second kappa shape index (κ2) is 4.87. The van der Waals surface area contributed by atoms with Gasteiger partial charge in [0, 0.05) is 19.0 Å². The van der Waals surface area contributed by atoms with Crippen molar-refractivity contribution in [2.75, 3.05) is 17.3 Å². The molecular weight excluding hydrogens is 214 g/mol. The number of hydrazine groups is 1. The number of nitrogens with zero attached hydrogens (tertiary/aromatic N) is 2. The van der Waals surface area contributed by atoms with E-state index in [-0.39, 0.29) is 0 Å². The van der Waals surface area contributed by atoms with E-state index in [4.69, 9.17) is 5.84 Å². The third-order valence-electron chi connectivity index (χ3n) is 3.49. The molecule has 0 radical (unpaired) electrons. The van der Waals surface area contributed by atoms with E-state index >= 15 is 0 Å². The van der Waals surface area contributed by atoms with Crippen molar-refractivity contribution in [1.82, 2.24) is 9.97 Å². The monoisotopic (exact) mass is 235 g/mol. The summed E-state index contributed by atoms with van der Waals surface area (Å²) in [7, 11) is 0. The molecule has 0 saturated heterocycles. The number of nitrogen functional groups attached to an aromatic ring is 1. The summed E-state index contributed by atoms with van der Waals surface area (Å²) in [4.78, 5) is 8.71. The molecule has 0 bridgehead atoms. The number of hydrogen-bond donors (Lipinski definition) is 3. The Kier molecular flexibility index (Phi) is 3.47. The molecule has 1 saturated carbocycles. The molecule has 0 spiro atoms. The van der Waals surface area contributed by atoms with Crippen LogP contribution in [0.3, 0.4) is 0 Å². The number of aryl methyl sites for hydroxylation is 1. The highest BCUT2D eigenvalue weighted by molar-refractivity contribution is 5.47. The van der Waals surface area contributed by atoms with Crippen molar-refractivity contribution in [3.63, 3.8) is 0 Å². The van der Waals surface area contributed by atoms with Crippen LogP contribution >= 0.6 is 0 Å². The van der Waals surface area contributed by atoms with Gasteiger partial charge in [0.2, 0.25) is 0 Å². The molecule has 5 nitrogen and oxygen atoms in total. The minimum Gasteiger partial charge on any atom is -0.369 e. The van der Waals surface area contributed by atoms with Gasteiger partial charge in [-0.25, -0.2) is 15.8 Å². The van der Waals surface area contributed by atoms with Crippen LogP contribution < -0.4 is 16.6 Å². The molecule has 1 aromatic rings. The summed E-state index contributed by atoms with van der Waals surface area (Å²) >= 11 is 0. The fraction of sp³-hybridized carbons (Fsp3) is 0.667. The van der Waals surface area contributed by atoms with Crippen LogP contribution in [0.4, 0.5) is 11.6 Å². The Bertz CT molecular complexity index is 364. The van der Waals surface area contributed by atoms with Gasteiger partial charge >= 0.3 is 0 Å². The van der Waals surface area contributed by atoms with Crippen molar-refractivity contribution in [3.05, 3.63) is 11.9 Å². The second-order valence-corrected chi connectivity index (χ2v) is 5.07. The molecule has 1 fully saturated rings. The van der Waals surface area contributed by atoms with Crippen LogP contribution in [0.25, 0.3) is 0 Å². The Morgan fingerprint density at radius 2 is 2.06 bits per heavy atom. The predicted octanol–water partition coefficient (Wildman–Crippen LogP) is 1.93. The Balaban J connectivity index is 2.03. The SMILES string of the molecule is CCc1nc(NN)cc(NCC2(C)CCC2)n1. The van der Waals surface area contributed by atoms with Gasteiger partial charge in [0.15, 0.2) is 0 Å². The van der Waals surface area contributed by atoms with Crippen molar-refractivity contribution < 1.29 is 0 Å². The molecule has 94 valence electrons. The maximum atomic E-state index is 5.39. The van der Waals surface area contributed by atoms with Crippen molar-refractivity contribution in [3.8, 4) is 0 Å². The summed E-state index contributed by atoms with van der Waals surface area (Å²) in [5.74, 6) is 7.72. The van der Waals surface area contributed by atoms with Gasteiger partial charge in [-0.05, 0) is 18.3 Å². The van der Waals surface area contributed by atoms with E-state index in [2.05, 4.69) is 27.6 Å². The van der Waals surface area contributed by atoms with E-state index < -0.39 is 0 Å². The highest BCUT2D eigenvalue weighted by Crippen LogP contribution is 2.40. The molecule has 0 unspecified atom stereocenters. The van der Waals surface area contributed by atoms with E-state index in [9.17, 15) is 0 Å². The Hall–Kier alpha value is -1.36. The van der Waals surface area contributed by atoms with Crippen molar-refractivity contribution in [2.45, 2.75) is 39.5 Å². The van der Waals surface area contributed by atoms with Crippen LogP contribution in [-0.2, 0) is 6.42 Å². The molecule has 17 heavy (non-hydrogen) atoms. The average Bonchev–Trinajstić information content (AvgIpc) is 2.33. The molecule has 1 aliphatic carbocycles. The van der Waals surface area contributed by atoms with E-state index in [1.807, 2.05) is 13.0 Å². The Morgan fingerprint density at radius 3 is 2.59 bits per heavy atom. The third-order valence-corrected chi connectivity index (χ3v) is 3.49. The zero-order valence-electron chi connectivity index (χ0n) is 10.6. The maximum absolute atomic E-state index is 5.39. The number of anilines is 2. The largest absolute Gasteiger partial charge is 0.369 e. The molecule has 0 amide bonds.